The number of nitrogens with zero attached hydrogens (tertiary/aromatic N) is 4. The molecule has 1 fully saturated rings. The summed E-state index contributed by atoms with van der Waals surface area (Å²) >= 11 is 1.36. The predicted molar refractivity (Wildman–Crippen MR) is 113 cm³/mol. The van der Waals surface area contributed by atoms with Gasteiger partial charge in [0, 0.05) is 30.6 Å². The number of anilines is 1. The zero-order chi connectivity index (χ0) is 21.6. The molecule has 0 spiro atoms. The molecular formula is C21H29F2N5OS. The molecule has 1 amide bonds. The predicted octanol–water partition coefficient (Wildman–Crippen LogP) is 4.49. The third kappa shape index (κ3) is 3.96. The van der Waals surface area contributed by atoms with Crippen LogP contribution in [0.3, 0.4) is 0 Å². The van der Waals surface area contributed by atoms with E-state index in [1.54, 1.807) is 5.51 Å². The van der Waals surface area contributed by atoms with Gasteiger partial charge in [-0.05, 0) is 32.1 Å². The number of alkyl halides is 2. The molecule has 1 N–H and O–H groups in total. The molecule has 3 atom stereocenters. The third-order valence-electron chi connectivity index (χ3n) is 6.19. The van der Waals surface area contributed by atoms with Crippen LogP contribution < -0.4 is 5.32 Å². The Kier molecular flexibility index (Phi) is 5.59. The van der Waals surface area contributed by atoms with Gasteiger partial charge in [0.05, 0.1) is 16.9 Å². The molecule has 2 aliphatic rings. The fourth-order valence-electron chi connectivity index (χ4n) is 4.42. The topological polar surface area (TPSA) is 63.1 Å². The molecule has 2 aliphatic heterocycles. The highest BCUT2D eigenvalue weighted by atomic mass is 32.1. The van der Waals surface area contributed by atoms with Gasteiger partial charge < -0.3 is 10.2 Å². The second-order valence-electron chi connectivity index (χ2n) is 9.42. The molecule has 6 nitrogen and oxygen atoms in total. The van der Waals surface area contributed by atoms with Gasteiger partial charge >= 0.3 is 0 Å². The van der Waals surface area contributed by atoms with Crippen molar-refractivity contribution in [2.75, 3.05) is 18.4 Å². The van der Waals surface area contributed by atoms with Crippen molar-refractivity contribution < 1.29 is 13.6 Å². The summed E-state index contributed by atoms with van der Waals surface area (Å²) in [7, 11) is 0. The molecule has 4 heterocycles. The van der Waals surface area contributed by atoms with Crippen molar-refractivity contribution in [3.05, 3.63) is 27.8 Å². The number of piperidine rings is 1. The molecule has 0 radical (unpaired) electrons. The van der Waals surface area contributed by atoms with Gasteiger partial charge in [-0.3, -0.25) is 4.79 Å². The number of hydrogen-bond donors (Lipinski definition) is 1. The molecule has 0 aliphatic carbocycles. The van der Waals surface area contributed by atoms with Crippen LogP contribution in [0, 0.1) is 12.8 Å². The van der Waals surface area contributed by atoms with Gasteiger partial charge in [0.15, 0.2) is 0 Å². The Hall–Kier alpha value is -2.03. The highest BCUT2D eigenvalue weighted by molar-refractivity contribution is 7.11. The Balaban J connectivity index is 1.54. The molecule has 1 unspecified atom stereocenters. The van der Waals surface area contributed by atoms with Crippen molar-refractivity contribution >= 4 is 23.1 Å². The number of aryl methyl sites for hydroxylation is 1. The second-order valence-corrected chi connectivity index (χ2v) is 10.3. The number of amides is 1. The summed E-state index contributed by atoms with van der Waals surface area (Å²) in [5.41, 5.74) is 3.03. The van der Waals surface area contributed by atoms with Gasteiger partial charge in [-0.25, -0.2) is 18.4 Å². The van der Waals surface area contributed by atoms with Crippen LogP contribution in [0.2, 0.25) is 0 Å². The minimum Gasteiger partial charge on any atom is -0.367 e. The normalized spacial score (nSPS) is 24.6. The highest BCUT2D eigenvalue weighted by Gasteiger charge is 2.40. The SMILES string of the molecule is Cc1ncsc1C(=O)N1CCCC([C@@H]2C[C@H](C(F)F)n3nc(C(C)(C)C)cc3N2)C1. The van der Waals surface area contributed by atoms with E-state index >= 15 is 0 Å². The van der Waals surface area contributed by atoms with E-state index in [0.29, 0.717) is 30.2 Å². The van der Waals surface area contributed by atoms with E-state index in [4.69, 9.17) is 0 Å². The average molecular weight is 438 g/mol. The summed E-state index contributed by atoms with van der Waals surface area (Å²) in [6.07, 6.45) is -0.387. The number of halogens is 2. The summed E-state index contributed by atoms with van der Waals surface area (Å²) in [5, 5.41) is 7.96. The number of fused-ring (bicyclic) bond motifs is 1. The largest absolute Gasteiger partial charge is 0.367 e. The maximum absolute atomic E-state index is 13.9. The highest BCUT2D eigenvalue weighted by Crippen LogP contribution is 2.38. The first kappa shape index (κ1) is 21.2. The van der Waals surface area contributed by atoms with E-state index < -0.39 is 12.5 Å². The monoisotopic (exact) mass is 437 g/mol. The Morgan fingerprint density at radius 3 is 2.77 bits per heavy atom. The fourth-order valence-corrected chi connectivity index (χ4v) is 5.19. The lowest BCUT2D eigenvalue weighted by molar-refractivity contribution is 0.0505. The fraction of sp³-hybridized carbons (Fsp3) is 0.667. The minimum absolute atomic E-state index is 0.000907. The van der Waals surface area contributed by atoms with Gasteiger partial charge in [-0.2, -0.15) is 5.10 Å². The van der Waals surface area contributed by atoms with Crippen molar-refractivity contribution in [3.63, 3.8) is 0 Å². The lowest BCUT2D eigenvalue weighted by Crippen LogP contribution is -2.48. The molecule has 4 rings (SSSR count). The van der Waals surface area contributed by atoms with Gasteiger partial charge in [0.2, 0.25) is 0 Å². The van der Waals surface area contributed by atoms with Crippen LogP contribution in [0.25, 0.3) is 0 Å². The van der Waals surface area contributed by atoms with Crippen LogP contribution in [0.5, 0.6) is 0 Å². The average Bonchev–Trinajstić information content (AvgIpc) is 3.32. The van der Waals surface area contributed by atoms with Gasteiger partial charge in [0.1, 0.15) is 16.7 Å². The van der Waals surface area contributed by atoms with Crippen LogP contribution in [-0.2, 0) is 5.41 Å². The number of carbonyl (C=O) groups is 1. The molecule has 0 bridgehead atoms. The maximum Gasteiger partial charge on any atom is 0.265 e. The molecule has 1 saturated heterocycles. The first-order valence-corrected chi connectivity index (χ1v) is 11.4. The van der Waals surface area contributed by atoms with E-state index in [1.165, 1.54) is 16.0 Å². The second kappa shape index (κ2) is 7.90. The molecule has 0 aromatic carbocycles. The Bertz CT molecular complexity index is 919. The van der Waals surface area contributed by atoms with Crippen LogP contribution in [-0.4, -0.2) is 51.1 Å². The van der Waals surface area contributed by atoms with Crippen molar-refractivity contribution in [1.29, 1.82) is 0 Å². The van der Waals surface area contributed by atoms with Crippen molar-refractivity contribution in [2.24, 2.45) is 5.92 Å². The zero-order valence-corrected chi connectivity index (χ0v) is 18.7. The Labute approximate surface area is 179 Å². The first-order valence-electron chi connectivity index (χ1n) is 10.5. The Morgan fingerprint density at radius 1 is 1.37 bits per heavy atom. The summed E-state index contributed by atoms with van der Waals surface area (Å²) in [5.74, 6) is 0.781. The number of nitrogens with one attached hydrogen (secondary N) is 1. The number of aromatic nitrogens is 3. The van der Waals surface area contributed by atoms with Gasteiger partial charge in [-0.15, -0.1) is 11.3 Å². The van der Waals surface area contributed by atoms with Crippen molar-refractivity contribution in [1.82, 2.24) is 19.7 Å². The van der Waals surface area contributed by atoms with E-state index in [9.17, 15) is 13.6 Å². The molecule has 2 aromatic heterocycles. The lowest BCUT2D eigenvalue weighted by atomic mass is 9.85. The third-order valence-corrected chi connectivity index (χ3v) is 7.11. The van der Waals surface area contributed by atoms with E-state index in [0.717, 1.165) is 24.2 Å². The molecular weight excluding hydrogens is 408 g/mol. The van der Waals surface area contributed by atoms with Crippen molar-refractivity contribution in [2.45, 2.75) is 70.9 Å². The van der Waals surface area contributed by atoms with E-state index in [2.05, 4.69) is 15.4 Å². The number of likely N-dealkylation sites (tertiary alicyclic amines) is 1. The summed E-state index contributed by atoms with van der Waals surface area (Å²) in [4.78, 5) is 19.7. The smallest absolute Gasteiger partial charge is 0.265 e. The molecule has 9 heteroatoms. The molecule has 164 valence electrons. The number of hydrogen-bond acceptors (Lipinski definition) is 5. The number of rotatable bonds is 3. The number of thiazole rings is 1. The van der Waals surface area contributed by atoms with E-state index in [1.807, 2.05) is 38.7 Å². The number of carbonyl (C=O) groups excluding carboxylic acids is 1. The van der Waals surface area contributed by atoms with Crippen LogP contribution in [0.4, 0.5) is 14.6 Å². The summed E-state index contributed by atoms with van der Waals surface area (Å²) < 4.78 is 29.3. The summed E-state index contributed by atoms with van der Waals surface area (Å²) in [6, 6.07) is 0.838. The summed E-state index contributed by atoms with van der Waals surface area (Å²) in [6.45, 7) is 9.20. The quantitative estimate of drug-likeness (QED) is 0.769. The van der Waals surface area contributed by atoms with Crippen molar-refractivity contribution in [3.8, 4) is 0 Å². The zero-order valence-electron chi connectivity index (χ0n) is 17.9. The van der Waals surface area contributed by atoms with Crippen LogP contribution in [0.15, 0.2) is 11.6 Å². The van der Waals surface area contributed by atoms with Crippen LogP contribution in [0.1, 0.15) is 67.1 Å². The minimum atomic E-state index is -2.48. The van der Waals surface area contributed by atoms with E-state index in [-0.39, 0.29) is 23.3 Å². The lowest BCUT2D eigenvalue weighted by Gasteiger charge is -2.41. The first-order chi connectivity index (χ1) is 14.1. The van der Waals surface area contributed by atoms with Gasteiger partial charge in [-0.1, -0.05) is 20.8 Å². The van der Waals surface area contributed by atoms with Crippen LogP contribution >= 0.6 is 11.3 Å². The van der Waals surface area contributed by atoms with Gasteiger partial charge in [0.25, 0.3) is 12.3 Å². The standard InChI is InChI=1S/C21H29F2N5OS/c1-12-18(30-11-24-12)20(29)27-7-5-6-13(10-27)14-8-15(19(22)23)28-17(25-14)9-16(26-28)21(2,3)4/h9,11,13-15,19,25H,5-8,10H2,1-4H3/t13?,14-,15+/m0/s1. The molecule has 2 aromatic rings. The molecule has 0 saturated carbocycles. The molecule has 30 heavy (non-hydrogen) atoms. The Morgan fingerprint density at radius 2 is 2.13 bits per heavy atom. The maximum atomic E-state index is 13.9.